The number of imide groups is 2. The number of hydrogen-bond donors (Lipinski definition) is 1. The van der Waals surface area contributed by atoms with E-state index in [4.69, 9.17) is 4.42 Å². The molecule has 0 atom stereocenters. The first-order valence-corrected chi connectivity index (χ1v) is 9.05. The van der Waals surface area contributed by atoms with Crippen LogP contribution in [0.1, 0.15) is 25.0 Å². The lowest BCUT2D eigenvalue weighted by molar-refractivity contribution is -0.122. The van der Waals surface area contributed by atoms with E-state index < -0.39 is 23.7 Å². The van der Waals surface area contributed by atoms with E-state index in [1.165, 1.54) is 24.6 Å². The lowest BCUT2D eigenvalue weighted by atomic mass is 10.1. The summed E-state index contributed by atoms with van der Waals surface area (Å²) in [6.45, 7) is 1.80. The van der Waals surface area contributed by atoms with Gasteiger partial charge in [0.15, 0.2) is 5.88 Å². The molecule has 2 fully saturated rings. The maximum absolute atomic E-state index is 13.1. The molecule has 28 heavy (non-hydrogen) atoms. The Morgan fingerprint density at radius 1 is 0.964 bits per heavy atom. The highest BCUT2D eigenvalue weighted by Gasteiger charge is 2.37. The Labute approximate surface area is 160 Å². The fourth-order valence-corrected chi connectivity index (χ4v) is 3.33. The maximum atomic E-state index is 13.1. The summed E-state index contributed by atoms with van der Waals surface area (Å²) in [6, 6.07) is 7.44. The van der Waals surface area contributed by atoms with Gasteiger partial charge in [-0.25, -0.2) is 14.1 Å². The highest BCUT2D eigenvalue weighted by atomic mass is 19.1. The van der Waals surface area contributed by atoms with Crippen molar-refractivity contribution in [2.24, 2.45) is 0 Å². The van der Waals surface area contributed by atoms with Crippen molar-refractivity contribution >= 4 is 35.5 Å². The van der Waals surface area contributed by atoms with Crippen LogP contribution in [0.25, 0.3) is 6.08 Å². The number of anilines is 2. The van der Waals surface area contributed by atoms with E-state index in [2.05, 4.69) is 10.2 Å². The molecule has 0 saturated carbocycles. The quantitative estimate of drug-likeness (QED) is 0.651. The molecule has 7 nitrogen and oxygen atoms in total. The van der Waals surface area contributed by atoms with E-state index in [1.807, 2.05) is 0 Å². The van der Waals surface area contributed by atoms with Gasteiger partial charge in [0.2, 0.25) is 0 Å². The number of barbiturate groups is 1. The molecule has 0 unspecified atom stereocenters. The first kappa shape index (κ1) is 18.0. The van der Waals surface area contributed by atoms with Gasteiger partial charge in [-0.3, -0.25) is 14.9 Å². The summed E-state index contributed by atoms with van der Waals surface area (Å²) < 4.78 is 18.9. The topological polar surface area (TPSA) is 82.9 Å². The molecule has 144 valence electrons. The summed E-state index contributed by atoms with van der Waals surface area (Å²) in [5.41, 5.74) is -0.0702. The van der Waals surface area contributed by atoms with Crippen LogP contribution in [0, 0.1) is 5.82 Å². The molecule has 1 N–H and O–H groups in total. The zero-order valence-corrected chi connectivity index (χ0v) is 15.0. The van der Waals surface area contributed by atoms with Crippen LogP contribution in [0.3, 0.4) is 0 Å². The number of piperidine rings is 1. The molecule has 1 aromatic heterocycles. The third-order valence-corrected chi connectivity index (χ3v) is 4.75. The summed E-state index contributed by atoms with van der Waals surface area (Å²) in [6.07, 6.45) is 4.68. The fraction of sp³-hybridized carbons (Fsp3) is 0.250. The number of urea groups is 1. The number of benzene rings is 1. The van der Waals surface area contributed by atoms with Gasteiger partial charge in [0.25, 0.3) is 11.8 Å². The van der Waals surface area contributed by atoms with Crippen LogP contribution in [0.2, 0.25) is 0 Å². The lowest BCUT2D eigenvalue weighted by Gasteiger charge is -2.26. The predicted molar refractivity (Wildman–Crippen MR) is 100 cm³/mol. The van der Waals surface area contributed by atoms with Gasteiger partial charge in [0.1, 0.15) is 17.2 Å². The van der Waals surface area contributed by atoms with Gasteiger partial charge in [-0.05, 0) is 55.7 Å². The van der Waals surface area contributed by atoms with E-state index >= 15 is 0 Å². The summed E-state index contributed by atoms with van der Waals surface area (Å²) >= 11 is 0. The smallest absolute Gasteiger partial charge is 0.335 e. The normalized spacial score (nSPS) is 19.3. The van der Waals surface area contributed by atoms with Gasteiger partial charge >= 0.3 is 6.03 Å². The van der Waals surface area contributed by atoms with Crippen molar-refractivity contribution in [1.82, 2.24) is 5.32 Å². The van der Waals surface area contributed by atoms with E-state index in [1.54, 1.807) is 12.1 Å². The molecule has 0 bridgehead atoms. The molecule has 0 aliphatic carbocycles. The lowest BCUT2D eigenvalue weighted by Crippen LogP contribution is -2.54. The zero-order chi connectivity index (χ0) is 19.7. The number of furan rings is 1. The van der Waals surface area contributed by atoms with E-state index in [-0.39, 0.29) is 11.3 Å². The highest BCUT2D eigenvalue weighted by molar-refractivity contribution is 6.39. The molecule has 2 aliphatic rings. The fourth-order valence-electron chi connectivity index (χ4n) is 3.33. The molecule has 2 saturated heterocycles. The Hall–Kier alpha value is -3.42. The van der Waals surface area contributed by atoms with Gasteiger partial charge in [-0.2, -0.15) is 0 Å². The summed E-state index contributed by atoms with van der Waals surface area (Å²) in [4.78, 5) is 40.0. The molecular formula is C20H18FN3O4. The second kappa shape index (κ2) is 7.30. The van der Waals surface area contributed by atoms with Crippen LogP contribution >= 0.6 is 0 Å². The number of carbonyl (C=O) groups excluding carboxylic acids is 3. The van der Waals surface area contributed by atoms with Crippen molar-refractivity contribution in [3.05, 3.63) is 53.5 Å². The third kappa shape index (κ3) is 3.40. The molecule has 2 aliphatic heterocycles. The molecule has 3 heterocycles. The van der Waals surface area contributed by atoms with E-state index in [0.717, 1.165) is 43.0 Å². The van der Waals surface area contributed by atoms with Crippen LogP contribution in [-0.2, 0) is 9.59 Å². The first-order chi connectivity index (χ1) is 13.5. The Morgan fingerprint density at radius 2 is 1.68 bits per heavy atom. The Bertz CT molecular complexity index is 958. The summed E-state index contributed by atoms with van der Waals surface area (Å²) in [7, 11) is 0. The predicted octanol–water partition coefficient (Wildman–Crippen LogP) is 3.08. The average Bonchev–Trinajstić information content (AvgIpc) is 3.16. The van der Waals surface area contributed by atoms with Crippen molar-refractivity contribution in [2.45, 2.75) is 19.3 Å². The number of amides is 4. The average molecular weight is 383 g/mol. The SMILES string of the molecule is O=C1NC(=O)N(c2ccc(F)cc2)C(=O)/C1=C/c1ccc(N2CCCCC2)o1. The number of carbonyl (C=O) groups is 3. The zero-order valence-electron chi connectivity index (χ0n) is 15.0. The Balaban J connectivity index is 1.61. The number of halogens is 1. The van der Waals surface area contributed by atoms with Crippen LogP contribution < -0.4 is 15.1 Å². The van der Waals surface area contributed by atoms with Crippen LogP contribution in [-0.4, -0.2) is 30.9 Å². The summed E-state index contributed by atoms with van der Waals surface area (Å²) in [5, 5.41) is 2.13. The van der Waals surface area contributed by atoms with Gasteiger partial charge in [0.05, 0.1) is 5.69 Å². The largest absolute Gasteiger partial charge is 0.441 e. The van der Waals surface area contributed by atoms with E-state index in [9.17, 15) is 18.8 Å². The Morgan fingerprint density at radius 3 is 2.39 bits per heavy atom. The molecule has 4 rings (SSSR count). The first-order valence-electron chi connectivity index (χ1n) is 9.05. The minimum atomic E-state index is -0.882. The number of nitrogens with zero attached hydrogens (tertiary/aromatic N) is 2. The van der Waals surface area contributed by atoms with Gasteiger partial charge < -0.3 is 9.32 Å². The number of hydrogen-bond acceptors (Lipinski definition) is 5. The van der Waals surface area contributed by atoms with Crippen molar-refractivity contribution < 1.29 is 23.2 Å². The van der Waals surface area contributed by atoms with Crippen LogP contribution in [0.15, 0.2) is 46.4 Å². The second-order valence-corrected chi connectivity index (χ2v) is 6.66. The number of nitrogens with one attached hydrogen (secondary N) is 1. The molecule has 2 aromatic rings. The maximum Gasteiger partial charge on any atom is 0.335 e. The van der Waals surface area contributed by atoms with Crippen LogP contribution in [0.4, 0.5) is 20.8 Å². The van der Waals surface area contributed by atoms with Gasteiger partial charge in [0, 0.05) is 19.2 Å². The third-order valence-electron chi connectivity index (χ3n) is 4.75. The van der Waals surface area contributed by atoms with Crippen molar-refractivity contribution in [3.8, 4) is 0 Å². The minimum Gasteiger partial charge on any atom is -0.441 e. The minimum absolute atomic E-state index is 0.163. The number of rotatable bonds is 3. The van der Waals surface area contributed by atoms with Gasteiger partial charge in [-0.15, -0.1) is 0 Å². The van der Waals surface area contributed by atoms with E-state index in [0.29, 0.717) is 11.6 Å². The molecule has 1 aromatic carbocycles. The monoisotopic (exact) mass is 383 g/mol. The Kier molecular flexibility index (Phi) is 4.68. The molecule has 0 radical (unpaired) electrons. The molecule has 4 amide bonds. The molecule has 8 heteroatoms. The molecule has 0 spiro atoms. The molecular weight excluding hydrogens is 365 g/mol. The van der Waals surface area contributed by atoms with Crippen LogP contribution in [0.5, 0.6) is 0 Å². The van der Waals surface area contributed by atoms with Gasteiger partial charge in [-0.1, -0.05) is 0 Å². The van der Waals surface area contributed by atoms with Crippen molar-refractivity contribution in [3.63, 3.8) is 0 Å². The second-order valence-electron chi connectivity index (χ2n) is 6.66. The highest BCUT2D eigenvalue weighted by Crippen LogP contribution is 2.26. The van der Waals surface area contributed by atoms with Crippen molar-refractivity contribution in [1.29, 1.82) is 0 Å². The summed E-state index contributed by atoms with van der Waals surface area (Å²) in [5.74, 6) is -1.07. The standard InChI is InChI=1S/C20H18FN3O4/c21-13-4-6-14(7-5-13)24-19(26)16(18(25)22-20(24)27)12-15-8-9-17(28-15)23-10-2-1-3-11-23/h4-9,12H,1-3,10-11H2,(H,22,25,27)/b16-12+. The van der Waals surface area contributed by atoms with Crippen molar-refractivity contribution in [2.75, 3.05) is 22.9 Å².